The third-order valence-corrected chi connectivity index (χ3v) is 6.37. The van der Waals surface area contributed by atoms with Crippen molar-refractivity contribution in [2.45, 2.75) is 32.6 Å². The first-order valence-corrected chi connectivity index (χ1v) is 10.9. The molecule has 0 spiro atoms. The molecule has 158 valence electrons. The van der Waals surface area contributed by atoms with E-state index < -0.39 is 0 Å². The molecule has 0 bridgehead atoms. The summed E-state index contributed by atoms with van der Waals surface area (Å²) < 4.78 is 5.00. The van der Waals surface area contributed by atoms with Gasteiger partial charge in [-0.25, -0.2) is 9.59 Å². The molecule has 1 unspecified atom stereocenters. The second kappa shape index (κ2) is 9.03. The molecule has 7 heteroatoms. The number of likely N-dealkylation sites (tertiary alicyclic amines) is 2. The van der Waals surface area contributed by atoms with Crippen LogP contribution in [0.25, 0.3) is 0 Å². The third-order valence-electron chi connectivity index (χ3n) is 6.37. The topological polar surface area (TPSA) is 65.1 Å². The summed E-state index contributed by atoms with van der Waals surface area (Å²) in [5.74, 6) is 1.40. The summed E-state index contributed by atoms with van der Waals surface area (Å²) in [5.41, 5.74) is 1.46. The predicted molar refractivity (Wildman–Crippen MR) is 113 cm³/mol. The van der Waals surface area contributed by atoms with Gasteiger partial charge in [-0.15, -0.1) is 0 Å². The van der Waals surface area contributed by atoms with Crippen molar-refractivity contribution >= 4 is 23.5 Å². The Morgan fingerprint density at radius 3 is 2.76 bits per heavy atom. The van der Waals surface area contributed by atoms with Crippen LogP contribution in [0.5, 0.6) is 0 Å². The maximum Gasteiger partial charge on any atom is 0.414 e. The summed E-state index contributed by atoms with van der Waals surface area (Å²) in [5, 5.41) is 3.01. The molecular formula is C22H32N4O3. The number of nitrogens with one attached hydrogen (secondary N) is 1. The van der Waals surface area contributed by atoms with Crippen molar-refractivity contribution in [3.8, 4) is 0 Å². The highest BCUT2D eigenvalue weighted by molar-refractivity contribution is 5.93. The maximum atomic E-state index is 12.8. The van der Waals surface area contributed by atoms with Crippen LogP contribution in [-0.2, 0) is 4.74 Å². The van der Waals surface area contributed by atoms with Gasteiger partial charge in [-0.05, 0) is 68.8 Å². The van der Waals surface area contributed by atoms with Gasteiger partial charge < -0.3 is 19.9 Å². The fraction of sp³-hybridized carbons (Fsp3) is 0.636. The van der Waals surface area contributed by atoms with Gasteiger partial charge in [-0.1, -0.05) is 13.0 Å². The van der Waals surface area contributed by atoms with Gasteiger partial charge in [-0.2, -0.15) is 0 Å². The van der Waals surface area contributed by atoms with E-state index in [0.29, 0.717) is 24.8 Å². The van der Waals surface area contributed by atoms with Crippen LogP contribution in [0.15, 0.2) is 24.3 Å². The number of cyclic esters (lactones) is 1. The van der Waals surface area contributed by atoms with E-state index in [2.05, 4.69) is 17.1 Å². The number of rotatable bonds is 4. The first kappa shape index (κ1) is 20.0. The Morgan fingerprint density at radius 2 is 2.00 bits per heavy atom. The van der Waals surface area contributed by atoms with Gasteiger partial charge in [0.05, 0.1) is 6.54 Å². The molecular weight excluding hydrogens is 368 g/mol. The average molecular weight is 401 g/mol. The summed E-state index contributed by atoms with van der Waals surface area (Å²) in [6, 6.07) is 7.36. The van der Waals surface area contributed by atoms with Gasteiger partial charge >= 0.3 is 12.1 Å². The lowest BCUT2D eigenvalue weighted by molar-refractivity contribution is 0.124. The fourth-order valence-electron chi connectivity index (χ4n) is 4.59. The largest absolute Gasteiger partial charge is 0.447 e. The molecule has 3 fully saturated rings. The minimum Gasteiger partial charge on any atom is -0.447 e. The van der Waals surface area contributed by atoms with Crippen LogP contribution in [0.2, 0.25) is 0 Å². The predicted octanol–water partition coefficient (Wildman–Crippen LogP) is 3.62. The molecule has 3 heterocycles. The molecule has 1 atom stereocenters. The second-order valence-corrected chi connectivity index (χ2v) is 8.68. The van der Waals surface area contributed by atoms with E-state index in [1.165, 1.54) is 32.4 Å². The molecule has 0 saturated carbocycles. The highest BCUT2D eigenvalue weighted by atomic mass is 16.6. The number of carbonyl (C=O) groups excluding carboxylic acids is 2. The standard InChI is InChI=1S/C22H32N4O3/c1-17-7-10-24(11-8-17)15-18-4-3-9-25(16-18)21(27)23-19-5-2-6-20(14-19)26-12-13-29-22(26)28/h2,5-6,14,17-18H,3-4,7-13,15-16H2,1H3,(H,23,27). The summed E-state index contributed by atoms with van der Waals surface area (Å²) in [6.45, 7) is 8.38. The van der Waals surface area contributed by atoms with Crippen LogP contribution in [-0.4, -0.2) is 67.8 Å². The number of anilines is 2. The number of benzene rings is 1. The fourth-order valence-corrected chi connectivity index (χ4v) is 4.59. The van der Waals surface area contributed by atoms with Crippen LogP contribution < -0.4 is 10.2 Å². The molecule has 29 heavy (non-hydrogen) atoms. The van der Waals surface area contributed by atoms with Crippen molar-refractivity contribution in [3.05, 3.63) is 24.3 Å². The zero-order valence-corrected chi connectivity index (χ0v) is 17.3. The Balaban J connectivity index is 1.32. The van der Waals surface area contributed by atoms with E-state index in [4.69, 9.17) is 4.74 Å². The monoisotopic (exact) mass is 400 g/mol. The number of hydrogen-bond acceptors (Lipinski definition) is 4. The van der Waals surface area contributed by atoms with Crippen molar-refractivity contribution in [1.29, 1.82) is 0 Å². The van der Waals surface area contributed by atoms with Crippen molar-refractivity contribution in [1.82, 2.24) is 9.80 Å². The first-order valence-electron chi connectivity index (χ1n) is 10.9. The van der Waals surface area contributed by atoms with E-state index in [9.17, 15) is 9.59 Å². The lowest BCUT2D eigenvalue weighted by Gasteiger charge is -2.37. The van der Waals surface area contributed by atoms with Crippen molar-refractivity contribution in [2.24, 2.45) is 11.8 Å². The molecule has 3 saturated heterocycles. The molecule has 1 N–H and O–H groups in total. The number of ether oxygens (including phenoxy) is 1. The Bertz CT molecular complexity index is 733. The quantitative estimate of drug-likeness (QED) is 0.838. The molecule has 0 aromatic heterocycles. The van der Waals surface area contributed by atoms with Gasteiger partial charge in [-0.3, -0.25) is 4.90 Å². The molecule has 3 aliphatic heterocycles. The molecule has 4 rings (SSSR count). The molecule has 1 aromatic rings. The summed E-state index contributed by atoms with van der Waals surface area (Å²) >= 11 is 0. The number of urea groups is 1. The Kier molecular flexibility index (Phi) is 6.23. The molecule has 1 aromatic carbocycles. The highest BCUT2D eigenvalue weighted by Crippen LogP contribution is 2.25. The number of carbonyl (C=O) groups is 2. The minimum atomic E-state index is -0.334. The first-order chi connectivity index (χ1) is 14.1. The number of hydrogen-bond donors (Lipinski definition) is 1. The smallest absolute Gasteiger partial charge is 0.414 e. The van der Waals surface area contributed by atoms with Crippen LogP contribution >= 0.6 is 0 Å². The van der Waals surface area contributed by atoms with E-state index >= 15 is 0 Å². The summed E-state index contributed by atoms with van der Waals surface area (Å²) in [6.07, 6.45) is 4.50. The van der Waals surface area contributed by atoms with Gasteiger partial charge in [0, 0.05) is 31.0 Å². The van der Waals surface area contributed by atoms with Crippen LogP contribution in [0.1, 0.15) is 32.6 Å². The molecule has 7 nitrogen and oxygen atoms in total. The number of piperidine rings is 2. The van der Waals surface area contributed by atoms with Crippen molar-refractivity contribution in [2.75, 3.05) is 56.1 Å². The van der Waals surface area contributed by atoms with E-state index in [1.807, 2.05) is 29.2 Å². The molecule has 3 aliphatic rings. The van der Waals surface area contributed by atoms with E-state index in [0.717, 1.165) is 37.7 Å². The SMILES string of the molecule is CC1CCN(CC2CCCN(C(=O)Nc3cccc(N4CCOC4=O)c3)C2)CC1. The molecule has 0 aliphatic carbocycles. The zero-order valence-electron chi connectivity index (χ0n) is 17.3. The number of amides is 3. The van der Waals surface area contributed by atoms with Crippen molar-refractivity contribution < 1.29 is 14.3 Å². The average Bonchev–Trinajstić information content (AvgIpc) is 3.16. The van der Waals surface area contributed by atoms with Gasteiger partial charge in [0.15, 0.2) is 0 Å². The third kappa shape index (κ3) is 5.01. The summed E-state index contributed by atoms with van der Waals surface area (Å²) in [4.78, 5) is 30.7. The number of nitrogens with zero attached hydrogens (tertiary/aromatic N) is 3. The van der Waals surface area contributed by atoms with Crippen LogP contribution in [0, 0.1) is 11.8 Å². The normalized spacial score (nSPS) is 23.9. The zero-order chi connectivity index (χ0) is 20.2. The highest BCUT2D eigenvalue weighted by Gasteiger charge is 2.27. The van der Waals surface area contributed by atoms with E-state index in [1.54, 1.807) is 4.90 Å². The second-order valence-electron chi connectivity index (χ2n) is 8.68. The van der Waals surface area contributed by atoms with Gasteiger partial charge in [0.25, 0.3) is 0 Å². The lowest BCUT2D eigenvalue weighted by Crippen LogP contribution is -2.46. The van der Waals surface area contributed by atoms with Gasteiger partial charge in [0.1, 0.15) is 6.61 Å². The van der Waals surface area contributed by atoms with Gasteiger partial charge in [0.2, 0.25) is 0 Å². The minimum absolute atomic E-state index is 0.0527. The Morgan fingerprint density at radius 1 is 1.17 bits per heavy atom. The van der Waals surface area contributed by atoms with Crippen LogP contribution in [0.3, 0.4) is 0 Å². The molecule has 0 radical (unpaired) electrons. The maximum absolute atomic E-state index is 12.8. The molecule has 3 amide bonds. The lowest BCUT2D eigenvalue weighted by atomic mass is 9.94. The van der Waals surface area contributed by atoms with E-state index in [-0.39, 0.29) is 12.1 Å². The van der Waals surface area contributed by atoms with Crippen molar-refractivity contribution in [3.63, 3.8) is 0 Å². The Labute approximate surface area is 173 Å². The Hall–Kier alpha value is -2.28. The van der Waals surface area contributed by atoms with Crippen LogP contribution in [0.4, 0.5) is 21.0 Å². The summed E-state index contributed by atoms with van der Waals surface area (Å²) in [7, 11) is 0.